The van der Waals surface area contributed by atoms with Crippen molar-refractivity contribution in [2.75, 3.05) is 23.8 Å². The molecule has 0 radical (unpaired) electrons. The molecule has 0 aliphatic rings. The van der Waals surface area contributed by atoms with E-state index in [0.29, 0.717) is 12.3 Å². The Morgan fingerprint density at radius 2 is 2.04 bits per heavy atom. The van der Waals surface area contributed by atoms with E-state index in [4.69, 9.17) is 4.74 Å². The Hall–Kier alpha value is -1.86. The number of nitrogens with zero attached hydrogens (tertiary/aromatic N) is 2. The number of thioether (sulfide) groups is 1. The van der Waals surface area contributed by atoms with Crippen molar-refractivity contribution in [3.05, 3.63) is 41.4 Å². The summed E-state index contributed by atoms with van der Waals surface area (Å²) in [6.07, 6.45) is 0. The maximum atomic E-state index is 12.5. The first kappa shape index (κ1) is 17.5. The van der Waals surface area contributed by atoms with Crippen molar-refractivity contribution in [1.82, 2.24) is 4.98 Å². The van der Waals surface area contributed by atoms with Crippen LogP contribution in [0.15, 0.2) is 40.1 Å². The lowest BCUT2D eigenvalue weighted by Crippen LogP contribution is -2.37. The van der Waals surface area contributed by atoms with Crippen LogP contribution in [0.1, 0.15) is 12.6 Å². The summed E-state index contributed by atoms with van der Waals surface area (Å²) in [7, 11) is 0. The molecule has 122 valence electrons. The number of benzene rings is 1. The minimum absolute atomic E-state index is 0.0891. The Bertz CT molecular complexity index is 658. The van der Waals surface area contributed by atoms with Crippen LogP contribution in [0.4, 0.5) is 5.69 Å². The molecular weight excluding hydrogens is 332 g/mol. The number of hydrogen-bond donors (Lipinski definition) is 0. The second-order valence-electron chi connectivity index (χ2n) is 4.66. The van der Waals surface area contributed by atoms with Crippen molar-refractivity contribution in [2.45, 2.75) is 18.2 Å². The molecule has 1 aromatic carbocycles. The summed E-state index contributed by atoms with van der Waals surface area (Å²) in [5, 5.41) is 1.94. The Morgan fingerprint density at radius 3 is 2.65 bits per heavy atom. The van der Waals surface area contributed by atoms with E-state index in [2.05, 4.69) is 4.98 Å². The number of para-hydroxylation sites is 1. The van der Waals surface area contributed by atoms with Crippen molar-refractivity contribution < 1.29 is 14.3 Å². The smallest absolute Gasteiger partial charge is 0.326 e. The molecule has 1 amide bonds. The van der Waals surface area contributed by atoms with E-state index >= 15 is 0 Å². The third-order valence-corrected chi connectivity index (χ3v) is 5.00. The molecule has 0 atom stereocenters. The number of aryl methyl sites for hydroxylation is 1. The Morgan fingerprint density at radius 1 is 1.30 bits per heavy atom. The van der Waals surface area contributed by atoms with E-state index in [1.54, 1.807) is 19.1 Å². The van der Waals surface area contributed by atoms with E-state index in [0.717, 1.165) is 10.0 Å². The SMILES string of the molecule is CCOC(=O)CN(C(=O)CSc1nc(C)cs1)c1ccccc1. The van der Waals surface area contributed by atoms with Gasteiger partial charge in [0.1, 0.15) is 6.54 Å². The van der Waals surface area contributed by atoms with Crippen molar-refractivity contribution in [2.24, 2.45) is 0 Å². The van der Waals surface area contributed by atoms with Gasteiger partial charge in [-0.25, -0.2) is 4.98 Å². The fourth-order valence-corrected chi connectivity index (χ4v) is 3.59. The zero-order chi connectivity index (χ0) is 16.7. The zero-order valence-electron chi connectivity index (χ0n) is 13.0. The summed E-state index contributed by atoms with van der Waals surface area (Å²) in [6.45, 7) is 3.86. The fraction of sp³-hybridized carbons (Fsp3) is 0.312. The average Bonchev–Trinajstić information content (AvgIpc) is 2.97. The molecule has 0 fully saturated rings. The Balaban J connectivity index is 2.06. The average molecular weight is 350 g/mol. The highest BCUT2D eigenvalue weighted by molar-refractivity contribution is 8.01. The number of hydrogen-bond acceptors (Lipinski definition) is 6. The van der Waals surface area contributed by atoms with Crippen molar-refractivity contribution in [1.29, 1.82) is 0 Å². The predicted molar refractivity (Wildman–Crippen MR) is 93.0 cm³/mol. The number of rotatable bonds is 7. The van der Waals surface area contributed by atoms with Gasteiger partial charge in [0.2, 0.25) is 5.91 Å². The quantitative estimate of drug-likeness (QED) is 0.567. The van der Waals surface area contributed by atoms with Gasteiger partial charge >= 0.3 is 5.97 Å². The van der Waals surface area contributed by atoms with Crippen LogP contribution in [0.2, 0.25) is 0 Å². The molecule has 2 rings (SSSR count). The molecular formula is C16H18N2O3S2. The predicted octanol–water partition coefficient (Wildman–Crippen LogP) is 3.14. The molecule has 0 bridgehead atoms. The number of carbonyl (C=O) groups excluding carboxylic acids is 2. The molecule has 5 nitrogen and oxygen atoms in total. The van der Waals surface area contributed by atoms with Gasteiger partial charge in [-0.15, -0.1) is 11.3 Å². The van der Waals surface area contributed by atoms with Gasteiger partial charge in [0.05, 0.1) is 12.4 Å². The minimum Gasteiger partial charge on any atom is -0.465 e. The van der Waals surface area contributed by atoms with Gasteiger partial charge in [-0.3, -0.25) is 9.59 Å². The summed E-state index contributed by atoms with van der Waals surface area (Å²) in [4.78, 5) is 30.1. The molecule has 0 N–H and O–H groups in total. The van der Waals surface area contributed by atoms with Crippen LogP contribution < -0.4 is 4.90 Å². The number of anilines is 1. The second kappa shape index (κ2) is 8.69. The molecule has 0 aliphatic carbocycles. The molecule has 1 aromatic heterocycles. The number of esters is 1. The molecule has 7 heteroatoms. The maximum Gasteiger partial charge on any atom is 0.326 e. The van der Waals surface area contributed by atoms with Crippen molar-refractivity contribution in [3.63, 3.8) is 0 Å². The first-order valence-electron chi connectivity index (χ1n) is 7.16. The van der Waals surface area contributed by atoms with Crippen LogP contribution in [-0.4, -0.2) is 35.8 Å². The maximum absolute atomic E-state index is 12.5. The Labute approximate surface area is 143 Å². The number of ether oxygens (including phenoxy) is 1. The van der Waals surface area contributed by atoms with E-state index in [1.807, 2.05) is 30.5 Å². The van der Waals surface area contributed by atoms with Crippen molar-refractivity contribution in [3.8, 4) is 0 Å². The molecule has 0 unspecified atom stereocenters. The molecule has 0 aliphatic heterocycles. The number of thiazole rings is 1. The highest BCUT2D eigenvalue weighted by Crippen LogP contribution is 2.23. The highest BCUT2D eigenvalue weighted by Gasteiger charge is 2.20. The lowest BCUT2D eigenvalue weighted by Gasteiger charge is -2.21. The molecule has 0 saturated heterocycles. The monoisotopic (exact) mass is 350 g/mol. The first-order valence-corrected chi connectivity index (χ1v) is 9.02. The van der Waals surface area contributed by atoms with E-state index in [9.17, 15) is 9.59 Å². The molecule has 0 spiro atoms. The summed E-state index contributed by atoms with van der Waals surface area (Å²) < 4.78 is 5.81. The second-order valence-corrected chi connectivity index (χ2v) is 6.74. The summed E-state index contributed by atoms with van der Waals surface area (Å²) in [5.74, 6) is -0.344. The van der Waals surface area contributed by atoms with Gasteiger partial charge in [-0.05, 0) is 26.0 Å². The number of carbonyl (C=O) groups is 2. The van der Waals surface area contributed by atoms with Crippen LogP contribution >= 0.6 is 23.1 Å². The van der Waals surface area contributed by atoms with Gasteiger partial charge < -0.3 is 9.64 Å². The standard InChI is InChI=1S/C16H18N2O3S2/c1-3-21-15(20)9-18(13-7-5-4-6-8-13)14(19)11-23-16-17-12(2)10-22-16/h4-8,10H,3,9,11H2,1-2H3. The van der Waals surface area contributed by atoms with Crippen molar-refractivity contribution >= 4 is 40.7 Å². The topological polar surface area (TPSA) is 59.5 Å². The summed E-state index contributed by atoms with van der Waals surface area (Å²) in [5.41, 5.74) is 1.62. The van der Waals surface area contributed by atoms with Crippen LogP contribution in [0.3, 0.4) is 0 Å². The highest BCUT2D eigenvalue weighted by atomic mass is 32.2. The summed E-state index contributed by atoms with van der Waals surface area (Å²) in [6, 6.07) is 9.13. The van der Waals surface area contributed by atoms with E-state index < -0.39 is 5.97 Å². The zero-order valence-corrected chi connectivity index (χ0v) is 14.7. The van der Waals surface area contributed by atoms with Crippen LogP contribution in [-0.2, 0) is 14.3 Å². The fourth-order valence-electron chi connectivity index (χ4n) is 1.87. The van der Waals surface area contributed by atoms with Crippen LogP contribution in [0.5, 0.6) is 0 Å². The number of aromatic nitrogens is 1. The minimum atomic E-state index is -0.417. The van der Waals surface area contributed by atoms with E-state index in [-0.39, 0.29) is 18.2 Å². The normalized spacial score (nSPS) is 10.3. The molecule has 1 heterocycles. The number of amides is 1. The first-order chi connectivity index (χ1) is 11.1. The van der Waals surface area contributed by atoms with Crippen LogP contribution in [0, 0.1) is 6.92 Å². The van der Waals surface area contributed by atoms with Gasteiger partial charge in [-0.1, -0.05) is 30.0 Å². The third-order valence-electron chi connectivity index (χ3n) is 2.88. The summed E-state index contributed by atoms with van der Waals surface area (Å²) >= 11 is 2.89. The largest absolute Gasteiger partial charge is 0.465 e. The van der Waals surface area contributed by atoms with Gasteiger partial charge in [0.25, 0.3) is 0 Å². The lowest BCUT2D eigenvalue weighted by molar-refractivity contribution is -0.142. The van der Waals surface area contributed by atoms with Gasteiger partial charge in [0.15, 0.2) is 4.34 Å². The lowest BCUT2D eigenvalue weighted by atomic mass is 10.3. The Kier molecular flexibility index (Phi) is 6.61. The molecule has 23 heavy (non-hydrogen) atoms. The van der Waals surface area contributed by atoms with Gasteiger partial charge in [0, 0.05) is 16.8 Å². The molecule has 0 saturated carbocycles. The third kappa shape index (κ3) is 5.37. The van der Waals surface area contributed by atoms with Gasteiger partial charge in [-0.2, -0.15) is 0 Å². The molecule has 2 aromatic rings. The van der Waals surface area contributed by atoms with Crippen LogP contribution in [0.25, 0.3) is 0 Å². The van der Waals surface area contributed by atoms with E-state index in [1.165, 1.54) is 28.0 Å².